The van der Waals surface area contributed by atoms with Crippen molar-refractivity contribution in [3.8, 4) is 0 Å². The highest BCUT2D eigenvalue weighted by Gasteiger charge is 2.44. The molecule has 0 aromatic carbocycles. The van der Waals surface area contributed by atoms with Crippen molar-refractivity contribution in [1.29, 1.82) is 0 Å². The van der Waals surface area contributed by atoms with E-state index in [-0.39, 0.29) is 12.5 Å². The maximum atomic E-state index is 13.1. The van der Waals surface area contributed by atoms with Gasteiger partial charge in [0.2, 0.25) is 5.91 Å². The van der Waals surface area contributed by atoms with Crippen LogP contribution in [0.2, 0.25) is 0 Å². The monoisotopic (exact) mass is 1120 g/mol. The average molecular weight is 1120 g/mol. The number of amides is 1. The summed E-state index contributed by atoms with van der Waals surface area (Å²) in [6, 6.07) is -0.715. The first-order chi connectivity index (χ1) is 38.8. The molecule has 0 saturated carbocycles. The number of rotatable bonds is 64. The average Bonchev–Trinajstić information content (AvgIpc) is 3.46. The molecule has 1 aliphatic rings. The number of hydrogen-bond acceptors (Lipinski definition) is 8. The summed E-state index contributed by atoms with van der Waals surface area (Å²) < 4.78 is 11.4. The van der Waals surface area contributed by atoms with Crippen molar-refractivity contribution in [2.24, 2.45) is 0 Å². The van der Waals surface area contributed by atoms with Gasteiger partial charge in [0.05, 0.1) is 25.4 Å². The Morgan fingerprint density at radius 2 is 0.633 bits per heavy atom. The Morgan fingerprint density at radius 1 is 0.380 bits per heavy atom. The van der Waals surface area contributed by atoms with Crippen LogP contribution < -0.4 is 5.32 Å². The number of unbranched alkanes of at least 4 members (excludes halogenated alkanes) is 54. The maximum Gasteiger partial charge on any atom is 0.220 e. The van der Waals surface area contributed by atoms with Crippen molar-refractivity contribution in [2.45, 2.75) is 429 Å². The molecule has 1 fully saturated rings. The van der Waals surface area contributed by atoms with Gasteiger partial charge in [0.25, 0.3) is 0 Å². The van der Waals surface area contributed by atoms with Crippen LogP contribution in [0.4, 0.5) is 0 Å². The van der Waals surface area contributed by atoms with Gasteiger partial charge < -0.3 is 40.3 Å². The fourth-order valence-electron chi connectivity index (χ4n) is 12.1. The van der Waals surface area contributed by atoms with Crippen LogP contribution >= 0.6 is 0 Å². The summed E-state index contributed by atoms with van der Waals surface area (Å²) in [5, 5.41) is 54.9. The van der Waals surface area contributed by atoms with Crippen LogP contribution in [-0.2, 0) is 14.3 Å². The van der Waals surface area contributed by atoms with Crippen molar-refractivity contribution in [2.75, 3.05) is 13.2 Å². The summed E-state index contributed by atoms with van der Waals surface area (Å²) in [6.07, 6.45) is 69.1. The van der Waals surface area contributed by atoms with Gasteiger partial charge in [-0.3, -0.25) is 4.79 Å². The molecule has 9 heteroatoms. The molecule has 0 aliphatic carbocycles. The van der Waals surface area contributed by atoms with Gasteiger partial charge in [-0.1, -0.05) is 367 Å². The molecule has 1 saturated heterocycles. The quantitative estimate of drug-likeness (QED) is 0.0330. The zero-order valence-corrected chi connectivity index (χ0v) is 52.9. The van der Waals surface area contributed by atoms with Crippen molar-refractivity contribution >= 4 is 5.91 Å². The summed E-state index contributed by atoms with van der Waals surface area (Å²) in [4.78, 5) is 13.1. The Morgan fingerprint density at radius 3 is 0.899 bits per heavy atom. The van der Waals surface area contributed by atoms with Crippen molar-refractivity contribution in [3.63, 3.8) is 0 Å². The van der Waals surface area contributed by atoms with E-state index in [1.807, 2.05) is 0 Å². The van der Waals surface area contributed by atoms with Crippen LogP contribution in [-0.4, -0.2) is 87.5 Å². The summed E-state index contributed by atoms with van der Waals surface area (Å²) in [5.41, 5.74) is 0. The third kappa shape index (κ3) is 49.2. The van der Waals surface area contributed by atoms with E-state index in [1.54, 1.807) is 0 Å². The second-order valence-electron chi connectivity index (χ2n) is 25.4. The summed E-state index contributed by atoms with van der Waals surface area (Å²) in [6.45, 7) is 3.90. The van der Waals surface area contributed by atoms with Gasteiger partial charge >= 0.3 is 0 Å². The Hall–Kier alpha value is -0.810. The Labute approximate surface area is 491 Å². The second kappa shape index (κ2) is 60.3. The van der Waals surface area contributed by atoms with Gasteiger partial charge in [0, 0.05) is 6.42 Å². The van der Waals surface area contributed by atoms with Crippen LogP contribution in [0, 0.1) is 0 Å². The zero-order valence-electron chi connectivity index (χ0n) is 52.9. The number of aliphatic hydroxyl groups is 5. The predicted molar refractivity (Wildman–Crippen MR) is 337 cm³/mol. The number of hydrogen-bond donors (Lipinski definition) is 6. The molecule has 6 N–H and O–H groups in total. The van der Waals surface area contributed by atoms with Gasteiger partial charge in [-0.15, -0.1) is 0 Å². The molecular formula is C70H139NO8. The Balaban J connectivity index is 2.03. The van der Waals surface area contributed by atoms with E-state index in [2.05, 4.69) is 19.2 Å². The molecule has 9 nitrogen and oxygen atoms in total. The van der Waals surface area contributed by atoms with Gasteiger partial charge in [0.1, 0.15) is 24.4 Å². The van der Waals surface area contributed by atoms with E-state index in [4.69, 9.17) is 9.47 Å². The Kier molecular flexibility index (Phi) is 58.2. The van der Waals surface area contributed by atoms with Crippen molar-refractivity contribution < 1.29 is 39.8 Å². The number of nitrogens with one attached hydrogen (secondary N) is 1. The topological polar surface area (TPSA) is 149 Å². The van der Waals surface area contributed by atoms with E-state index in [0.717, 1.165) is 38.5 Å². The summed E-state index contributed by atoms with van der Waals surface area (Å²) >= 11 is 0. The third-order valence-corrected chi connectivity index (χ3v) is 17.7. The van der Waals surface area contributed by atoms with Crippen molar-refractivity contribution in [1.82, 2.24) is 5.32 Å². The van der Waals surface area contributed by atoms with E-state index in [0.29, 0.717) is 12.8 Å². The molecule has 7 unspecified atom stereocenters. The van der Waals surface area contributed by atoms with Gasteiger partial charge in [-0.05, 0) is 12.8 Å². The van der Waals surface area contributed by atoms with Gasteiger partial charge in [-0.2, -0.15) is 0 Å². The highest BCUT2D eigenvalue weighted by molar-refractivity contribution is 5.76. The molecule has 0 spiro atoms. The van der Waals surface area contributed by atoms with Crippen LogP contribution in [0.5, 0.6) is 0 Å². The molecule has 79 heavy (non-hydrogen) atoms. The van der Waals surface area contributed by atoms with Crippen LogP contribution in [0.1, 0.15) is 386 Å². The number of ether oxygens (including phenoxy) is 2. The fraction of sp³-hybridized carbons (Fsp3) is 0.986. The molecule has 472 valence electrons. The van der Waals surface area contributed by atoms with E-state index >= 15 is 0 Å². The largest absolute Gasteiger partial charge is 0.394 e. The zero-order chi connectivity index (χ0) is 57.2. The number of carbonyl (C=O) groups excluding carboxylic acids is 1. The molecule has 0 radical (unpaired) electrons. The molecule has 1 rings (SSSR count). The minimum absolute atomic E-state index is 0.131. The van der Waals surface area contributed by atoms with Gasteiger partial charge in [-0.25, -0.2) is 0 Å². The molecule has 0 aromatic rings. The maximum absolute atomic E-state index is 13.1. The van der Waals surface area contributed by atoms with E-state index in [1.165, 1.54) is 321 Å². The molecule has 1 aliphatic heterocycles. The third-order valence-electron chi connectivity index (χ3n) is 17.7. The van der Waals surface area contributed by atoms with E-state index in [9.17, 15) is 30.3 Å². The van der Waals surface area contributed by atoms with E-state index < -0.39 is 49.5 Å². The fourth-order valence-corrected chi connectivity index (χ4v) is 12.1. The lowest BCUT2D eigenvalue weighted by Crippen LogP contribution is -2.60. The standard InChI is InChI=1S/C70H139NO8/c1-3-5-7-9-11-13-15-17-19-21-23-24-25-26-27-28-29-30-31-32-33-34-35-36-37-38-39-40-42-44-46-48-50-52-54-56-58-60-66(74)71-63(62-78-70-69(77)68(76)67(75)65(61-72)79-70)64(73)59-57-55-53-51-49-47-45-43-41-22-20-18-16-14-12-10-8-6-4-2/h63-65,67-70,72-73,75-77H,3-62H2,1-2H3,(H,71,74). The van der Waals surface area contributed by atoms with Crippen molar-refractivity contribution in [3.05, 3.63) is 0 Å². The minimum atomic E-state index is -1.55. The van der Waals surface area contributed by atoms with Gasteiger partial charge in [0.15, 0.2) is 6.29 Å². The molecule has 7 atom stereocenters. The molecular weight excluding hydrogens is 983 g/mol. The Bertz CT molecular complexity index is 1210. The molecule has 0 bridgehead atoms. The smallest absolute Gasteiger partial charge is 0.220 e. The first kappa shape index (κ1) is 76.2. The summed E-state index contributed by atoms with van der Waals surface area (Å²) in [7, 11) is 0. The number of aliphatic hydroxyl groups excluding tert-OH is 5. The van der Waals surface area contributed by atoms with Crippen LogP contribution in [0.15, 0.2) is 0 Å². The lowest BCUT2D eigenvalue weighted by atomic mass is 9.99. The molecule has 0 aromatic heterocycles. The lowest BCUT2D eigenvalue weighted by Gasteiger charge is -2.40. The second-order valence-corrected chi connectivity index (χ2v) is 25.4. The van der Waals surface area contributed by atoms with Crippen LogP contribution in [0.25, 0.3) is 0 Å². The first-order valence-corrected chi connectivity index (χ1v) is 35.7. The highest BCUT2D eigenvalue weighted by Crippen LogP contribution is 2.24. The molecule has 1 heterocycles. The minimum Gasteiger partial charge on any atom is -0.394 e. The number of carbonyl (C=O) groups is 1. The SMILES string of the molecule is CCCCCCCCCCCCCCCCCCCCCCCCCCCCCCCCCCCCCCCC(=O)NC(COC1OC(CO)C(O)C(O)C1O)C(O)CCCCCCCCCCCCCCCCCCCCC. The normalized spacial score (nSPS) is 18.4. The van der Waals surface area contributed by atoms with Crippen LogP contribution in [0.3, 0.4) is 0 Å². The first-order valence-electron chi connectivity index (χ1n) is 35.7. The molecule has 1 amide bonds. The highest BCUT2D eigenvalue weighted by atomic mass is 16.7. The summed E-state index contributed by atoms with van der Waals surface area (Å²) in [5.74, 6) is -0.133. The lowest BCUT2D eigenvalue weighted by molar-refractivity contribution is -0.302. The predicted octanol–water partition coefficient (Wildman–Crippen LogP) is 19.3.